The van der Waals surface area contributed by atoms with Crippen molar-refractivity contribution in [3.63, 3.8) is 0 Å². The monoisotopic (exact) mass is 542 g/mol. The zero-order valence-corrected chi connectivity index (χ0v) is 25.1. The Morgan fingerprint density at radius 1 is 0.925 bits per heavy atom. The van der Waals surface area contributed by atoms with Crippen LogP contribution in [0.25, 0.3) is 0 Å². The maximum atomic E-state index is 13.0. The highest BCUT2D eigenvalue weighted by atomic mass is 16.3. The number of phenols is 1. The summed E-state index contributed by atoms with van der Waals surface area (Å²) in [5.41, 5.74) is 6.01. The second kappa shape index (κ2) is 12.4. The number of nitrogens with zero attached hydrogens (tertiary/aromatic N) is 2. The summed E-state index contributed by atoms with van der Waals surface area (Å²) < 4.78 is 0. The Morgan fingerprint density at radius 2 is 1.57 bits per heavy atom. The maximum absolute atomic E-state index is 13.0. The number of hydrogen-bond acceptors (Lipinski definition) is 4. The van der Waals surface area contributed by atoms with Gasteiger partial charge in [0.1, 0.15) is 5.75 Å². The fourth-order valence-electron chi connectivity index (χ4n) is 5.45. The predicted molar refractivity (Wildman–Crippen MR) is 164 cm³/mol. The molecule has 214 valence electrons. The van der Waals surface area contributed by atoms with Gasteiger partial charge in [-0.2, -0.15) is 0 Å². The number of nitrogens with one attached hydrogen (secondary N) is 2. The Morgan fingerprint density at radius 3 is 2.17 bits per heavy atom. The van der Waals surface area contributed by atoms with Crippen LogP contribution in [0, 0.1) is 0 Å². The number of hydrogen-bond donors (Lipinski definition) is 3. The van der Waals surface area contributed by atoms with Crippen LogP contribution in [0.15, 0.2) is 60.9 Å². The van der Waals surface area contributed by atoms with Crippen molar-refractivity contribution < 1.29 is 9.90 Å². The van der Waals surface area contributed by atoms with E-state index in [1.165, 1.54) is 11.1 Å². The second-order valence-corrected chi connectivity index (χ2v) is 13.2. The van der Waals surface area contributed by atoms with E-state index in [0.29, 0.717) is 5.75 Å². The number of aromatic nitrogens is 1. The molecular formula is C34H46N4O2. The summed E-state index contributed by atoms with van der Waals surface area (Å²) in [5.74, 6) is 0.408. The van der Waals surface area contributed by atoms with Crippen molar-refractivity contribution in [1.29, 1.82) is 0 Å². The fraction of sp³-hybridized carbons (Fsp3) is 0.471. The van der Waals surface area contributed by atoms with Crippen molar-refractivity contribution in [2.24, 2.45) is 0 Å². The molecule has 6 heteroatoms. The Bertz CT molecular complexity index is 1250. The number of aromatic hydroxyl groups is 1. The lowest BCUT2D eigenvalue weighted by atomic mass is 9.78. The van der Waals surface area contributed by atoms with E-state index in [9.17, 15) is 9.90 Å². The highest BCUT2D eigenvalue weighted by molar-refractivity contribution is 5.90. The summed E-state index contributed by atoms with van der Waals surface area (Å²) in [6.45, 7) is 15.6. The van der Waals surface area contributed by atoms with Gasteiger partial charge >= 0.3 is 6.03 Å². The van der Waals surface area contributed by atoms with Gasteiger partial charge in [0.15, 0.2) is 0 Å². The summed E-state index contributed by atoms with van der Waals surface area (Å²) in [4.78, 5) is 19.6. The van der Waals surface area contributed by atoms with Crippen LogP contribution in [0.3, 0.4) is 0 Å². The molecule has 6 nitrogen and oxygen atoms in total. The minimum atomic E-state index is -0.160. The molecule has 4 rings (SSSR count). The Labute approximate surface area is 240 Å². The van der Waals surface area contributed by atoms with Gasteiger partial charge in [-0.1, -0.05) is 77.9 Å². The van der Waals surface area contributed by atoms with Crippen molar-refractivity contribution in [1.82, 2.24) is 15.2 Å². The zero-order valence-electron chi connectivity index (χ0n) is 25.1. The van der Waals surface area contributed by atoms with E-state index in [4.69, 9.17) is 0 Å². The van der Waals surface area contributed by atoms with Gasteiger partial charge in [-0.25, -0.2) is 4.79 Å². The van der Waals surface area contributed by atoms with Gasteiger partial charge in [-0.3, -0.25) is 9.88 Å². The molecule has 2 heterocycles. The highest BCUT2D eigenvalue weighted by Crippen LogP contribution is 2.40. The van der Waals surface area contributed by atoms with Gasteiger partial charge in [0, 0.05) is 43.8 Å². The molecular weight excluding hydrogens is 496 g/mol. The predicted octanol–water partition coefficient (Wildman–Crippen LogP) is 6.95. The van der Waals surface area contributed by atoms with Crippen molar-refractivity contribution >= 4 is 11.7 Å². The molecule has 0 saturated carbocycles. The molecule has 0 atom stereocenters. The molecule has 1 aromatic heterocycles. The molecule has 3 N–H and O–H groups in total. The van der Waals surface area contributed by atoms with E-state index in [1.54, 1.807) is 6.20 Å². The zero-order chi connectivity index (χ0) is 28.9. The molecule has 1 aliphatic heterocycles. The highest BCUT2D eigenvalue weighted by Gasteiger charge is 2.26. The molecule has 0 spiro atoms. The number of urea groups is 1. The van der Waals surface area contributed by atoms with Crippen molar-refractivity contribution in [3.05, 3.63) is 88.7 Å². The third kappa shape index (κ3) is 7.85. The number of piperidine rings is 1. The molecule has 40 heavy (non-hydrogen) atoms. The summed E-state index contributed by atoms with van der Waals surface area (Å²) in [7, 11) is 0. The molecule has 1 fully saturated rings. The number of anilines is 1. The van der Waals surface area contributed by atoms with E-state index in [2.05, 4.69) is 86.3 Å². The van der Waals surface area contributed by atoms with Crippen LogP contribution in [0.1, 0.15) is 82.2 Å². The van der Waals surface area contributed by atoms with Crippen LogP contribution < -0.4 is 10.6 Å². The van der Waals surface area contributed by atoms with Crippen LogP contribution >= 0.6 is 0 Å². The van der Waals surface area contributed by atoms with Crippen LogP contribution in [0.4, 0.5) is 10.5 Å². The summed E-state index contributed by atoms with van der Waals surface area (Å²) in [5, 5.41) is 17.4. The standard InChI is InChI=1S/C34H46N4O2/c1-33(2,3)28-20-24(21-29(31(28)39)34(4,5)6)13-14-26-11-7-8-12-30(26)37-32(40)36-27-15-18-38(19-16-27)23-25-10-9-17-35-22-25/h7-12,17,20-22,27,39H,13-16,18-19,23H2,1-6H3,(H2,36,37,40). The second-order valence-electron chi connectivity index (χ2n) is 13.2. The molecule has 0 bridgehead atoms. The number of rotatable bonds is 7. The Kier molecular flexibility index (Phi) is 9.19. The van der Waals surface area contributed by atoms with Gasteiger partial charge in [0.05, 0.1) is 0 Å². The minimum Gasteiger partial charge on any atom is -0.507 e. The molecule has 0 unspecified atom stereocenters. The lowest BCUT2D eigenvalue weighted by Crippen LogP contribution is -2.45. The smallest absolute Gasteiger partial charge is 0.319 e. The van der Waals surface area contributed by atoms with E-state index in [-0.39, 0.29) is 22.9 Å². The Balaban J connectivity index is 1.36. The molecule has 2 aromatic carbocycles. The van der Waals surface area contributed by atoms with E-state index >= 15 is 0 Å². The third-order valence-electron chi connectivity index (χ3n) is 7.79. The van der Waals surface area contributed by atoms with Gasteiger partial charge in [-0.15, -0.1) is 0 Å². The molecule has 1 aliphatic rings. The first kappa shape index (κ1) is 29.6. The number of carbonyl (C=O) groups excluding carboxylic acids is 1. The number of likely N-dealkylation sites (tertiary alicyclic amines) is 1. The van der Waals surface area contributed by atoms with E-state index in [0.717, 1.165) is 67.7 Å². The first-order chi connectivity index (χ1) is 18.9. The fourth-order valence-corrected chi connectivity index (χ4v) is 5.45. The summed E-state index contributed by atoms with van der Waals surface area (Å²) in [6.07, 6.45) is 7.20. The molecule has 0 radical (unpaired) electrons. The first-order valence-electron chi connectivity index (χ1n) is 14.5. The van der Waals surface area contributed by atoms with E-state index < -0.39 is 0 Å². The average Bonchev–Trinajstić information content (AvgIpc) is 2.89. The van der Waals surface area contributed by atoms with Gasteiger partial charge in [0.25, 0.3) is 0 Å². The van der Waals surface area contributed by atoms with E-state index in [1.807, 2.05) is 30.5 Å². The average molecular weight is 543 g/mol. The largest absolute Gasteiger partial charge is 0.507 e. The lowest BCUT2D eigenvalue weighted by molar-refractivity contribution is 0.189. The number of amides is 2. The topological polar surface area (TPSA) is 77.5 Å². The quantitative estimate of drug-likeness (QED) is 0.302. The maximum Gasteiger partial charge on any atom is 0.319 e. The normalized spacial score (nSPS) is 15.2. The molecule has 0 aliphatic carbocycles. The minimum absolute atomic E-state index is 0.146. The van der Waals surface area contributed by atoms with Crippen LogP contribution in [0.5, 0.6) is 5.75 Å². The number of aryl methyl sites for hydroxylation is 2. The SMILES string of the molecule is CC(C)(C)c1cc(CCc2ccccc2NC(=O)NC2CCN(Cc3cccnc3)CC2)cc(C(C)(C)C)c1O. The summed E-state index contributed by atoms with van der Waals surface area (Å²) in [6, 6.07) is 16.4. The first-order valence-corrected chi connectivity index (χ1v) is 14.5. The number of pyridine rings is 1. The van der Waals surface area contributed by atoms with Gasteiger partial charge in [0.2, 0.25) is 0 Å². The molecule has 1 saturated heterocycles. The number of phenolic OH excluding ortho intramolecular Hbond substituents is 1. The van der Waals surface area contributed by atoms with Crippen LogP contribution in [0.2, 0.25) is 0 Å². The molecule has 2 amide bonds. The van der Waals surface area contributed by atoms with Crippen LogP contribution in [-0.4, -0.2) is 40.2 Å². The summed E-state index contributed by atoms with van der Waals surface area (Å²) >= 11 is 0. The Hall–Kier alpha value is -3.38. The van der Waals surface area contributed by atoms with Crippen LogP contribution in [-0.2, 0) is 30.2 Å². The van der Waals surface area contributed by atoms with Gasteiger partial charge in [-0.05, 0) is 76.5 Å². The number of carbonyl (C=O) groups is 1. The molecule has 3 aromatic rings. The number of benzene rings is 2. The van der Waals surface area contributed by atoms with Crippen molar-refractivity contribution in [2.45, 2.75) is 90.6 Å². The lowest BCUT2D eigenvalue weighted by Gasteiger charge is -2.32. The van der Waals surface area contributed by atoms with Gasteiger partial charge < -0.3 is 15.7 Å². The third-order valence-corrected chi connectivity index (χ3v) is 7.79. The van der Waals surface area contributed by atoms with Crippen molar-refractivity contribution in [3.8, 4) is 5.75 Å². The van der Waals surface area contributed by atoms with Crippen molar-refractivity contribution in [2.75, 3.05) is 18.4 Å². The number of para-hydroxylation sites is 1.